The van der Waals surface area contributed by atoms with Gasteiger partial charge < -0.3 is 14.8 Å². The van der Waals surface area contributed by atoms with Crippen molar-refractivity contribution in [3.63, 3.8) is 0 Å². The smallest absolute Gasteiger partial charge is 0.124 e. The van der Waals surface area contributed by atoms with Crippen molar-refractivity contribution in [2.24, 2.45) is 5.92 Å². The van der Waals surface area contributed by atoms with Gasteiger partial charge in [-0.15, -0.1) is 0 Å². The van der Waals surface area contributed by atoms with Crippen LogP contribution in [0.4, 0.5) is 0 Å². The van der Waals surface area contributed by atoms with Gasteiger partial charge in [-0.1, -0.05) is 0 Å². The maximum atomic E-state index is 10.4. The molecule has 11 heavy (non-hydrogen) atoms. The predicted molar refractivity (Wildman–Crippen MR) is 42.3 cm³/mol. The van der Waals surface area contributed by atoms with Gasteiger partial charge in [0.1, 0.15) is 6.29 Å². The number of aliphatic hydroxyl groups is 1. The number of hydrogen-bond donors (Lipinski definition) is 1. The molecule has 0 aromatic rings. The summed E-state index contributed by atoms with van der Waals surface area (Å²) in [6.45, 7) is 2.78. The Morgan fingerprint density at radius 1 is 1.64 bits per heavy atom. The highest BCUT2D eigenvalue weighted by Crippen LogP contribution is 2.13. The Morgan fingerprint density at radius 2 is 2.45 bits per heavy atom. The zero-order chi connectivity index (χ0) is 8.10. The fourth-order valence-electron chi connectivity index (χ4n) is 1.55. The minimum absolute atomic E-state index is 0.200. The molecule has 3 heteroatoms. The van der Waals surface area contributed by atoms with Crippen LogP contribution in [0.3, 0.4) is 0 Å². The summed E-state index contributed by atoms with van der Waals surface area (Å²) in [6, 6.07) is 0. The van der Waals surface area contributed by atoms with Crippen LogP contribution in [0.5, 0.6) is 0 Å². The average Bonchev–Trinajstić information content (AvgIpc) is 2.06. The monoisotopic (exact) mass is 157 g/mol. The Bertz CT molecular complexity index is 125. The molecular weight excluding hydrogens is 142 g/mol. The SMILES string of the molecule is O=CC1CCCN(CCO)C1. The summed E-state index contributed by atoms with van der Waals surface area (Å²) in [5.41, 5.74) is 0. The van der Waals surface area contributed by atoms with Gasteiger partial charge in [-0.3, -0.25) is 0 Å². The number of β-amino-alcohol motifs (C(OH)–C–C–N with tert-alkyl or cyclic N) is 1. The third-order valence-corrected chi connectivity index (χ3v) is 2.15. The van der Waals surface area contributed by atoms with Gasteiger partial charge in [-0.25, -0.2) is 0 Å². The van der Waals surface area contributed by atoms with Gasteiger partial charge in [0.15, 0.2) is 0 Å². The topological polar surface area (TPSA) is 40.5 Å². The van der Waals surface area contributed by atoms with E-state index in [9.17, 15) is 4.79 Å². The molecule has 0 bridgehead atoms. The zero-order valence-corrected chi connectivity index (χ0v) is 6.70. The lowest BCUT2D eigenvalue weighted by Gasteiger charge is -2.29. The molecular formula is C8H15NO2. The van der Waals surface area contributed by atoms with Crippen molar-refractivity contribution in [2.75, 3.05) is 26.2 Å². The van der Waals surface area contributed by atoms with Crippen molar-refractivity contribution in [2.45, 2.75) is 12.8 Å². The van der Waals surface area contributed by atoms with Crippen LogP contribution in [-0.2, 0) is 4.79 Å². The van der Waals surface area contributed by atoms with Crippen molar-refractivity contribution in [3.05, 3.63) is 0 Å². The van der Waals surface area contributed by atoms with E-state index in [0.29, 0.717) is 6.54 Å². The Labute approximate surface area is 67.0 Å². The first-order chi connectivity index (χ1) is 5.36. The highest BCUT2D eigenvalue weighted by atomic mass is 16.3. The first kappa shape index (κ1) is 8.68. The molecule has 1 atom stereocenters. The molecule has 0 amide bonds. The standard InChI is InChI=1S/C8H15NO2/c10-5-4-9-3-1-2-8(6-9)7-11/h7-8,10H,1-6H2. The van der Waals surface area contributed by atoms with Crippen molar-refractivity contribution < 1.29 is 9.90 Å². The van der Waals surface area contributed by atoms with E-state index in [0.717, 1.165) is 32.2 Å². The van der Waals surface area contributed by atoms with Crippen molar-refractivity contribution in [1.82, 2.24) is 4.90 Å². The molecule has 1 unspecified atom stereocenters. The van der Waals surface area contributed by atoms with Crippen LogP contribution in [-0.4, -0.2) is 42.5 Å². The predicted octanol–water partition coefficient (Wildman–Crippen LogP) is -0.110. The van der Waals surface area contributed by atoms with Gasteiger partial charge in [0.05, 0.1) is 6.61 Å². The van der Waals surface area contributed by atoms with Gasteiger partial charge in [0, 0.05) is 19.0 Å². The van der Waals surface area contributed by atoms with Crippen molar-refractivity contribution in [1.29, 1.82) is 0 Å². The molecule has 0 aromatic carbocycles. The molecule has 0 aromatic heterocycles. The number of aliphatic hydroxyl groups excluding tert-OH is 1. The van der Waals surface area contributed by atoms with Crippen LogP contribution in [0.15, 0.2) is 0 Å². The summed E-state index contributed by atoms with van der Waals surface area (Å²) in [5, 5.41) is 8.65. The van der Waals surface area contributed by atoms with Gasteiger partial charge in [-0.05, 0) is 19.4 Å². The Morgan fingerprint density at radius 3 is 3.09 bits per heavy atom. The van der Waals surface area contributed by atoms with Gasteiger partial charge in [-0.2, -0.15) is 0 Å². The maximum absolute atomic E-state index is 10.4. The lowest BCUT2D eigenvalue weighted by Crippen LogP contribution is -2.37. The van der Waals surface area contributed by atoms with Crippen molar-refractivity contribution >= 4 is 6.29 Å². The number of nitrogens with zero attached hydrogens (tertiary/aromatic N) is 1. The summed E-state index contributed by atoms with van der Waals surface area (Å²) in [4.78, 5) is 12.6. The zero-order valence-electron chi connectivity index (χ0n) is 6.70. The highest BCUT2D eigenvalue weighted by molar-refractivity contribution is 5.53. The molecule has 0 aliphatic carbocycles. The number of rotatable bonds is 3. The van der Waals surface area contributed by atoms with E-state index in [1.807, 2.05) is 0 Å². The second-order valence-corrected chi connectivity index (χ2v) is 3.06. The van der Waals surface area contributed by atoms with Gasteiger partial charge in [0.2, 0.25) is 0 Å². The first-order valence-electron chi connectivity index (χ1n) is 4.15. The number of hydrogen-bond acceptors (Lipinski definition) is 3. The van der Waals surface area contributed by atoms with Gasteiger partial charge >= 0.3 is 0 Å². The molecule has 1 heterocycles. The molecule has 1 fully saturated rings. The number of likely N-dealkylation sites (tertiary alicyclic amines) is 1. The third kappa shape index (κ3) is 2.60. The average molecular weight is 157 g/mol. The van der Waals surface area contributed by atoms with Crippen LogP contribution in [0.2, 0.25) is 0 Å². The van der Waals surface area contributed by atoms with E-state index in [1.165, 1.54) is 0 Å². The van der Waals surface area contributed by atoms with Crippen LogP contribution in [0, 0.1) is 5.92 Å². The van der Waals surface area contributed by atoms with E-state index in [-0.39, 0.29) is 12.5 Å². The molecule has 1 aliphatic rings. The number of carbonyl (C=O) groups is 1. The number of piperidine rings is 1. The molecule has 0 spiro atoms. The second-order valence-electron chi connectivity index (χ2n) is 3.06. The fraction of sp³-hybridized carbons (Fsp3) is 0.875. The Hall–Kier alpha value is -0.410. The maximum Gasteiger partial charge on any atom is 0.124 e. The summed E-state index contributed by atoms with van der Waals surface area (Å²) < 4.78 is 0. The molecule has 0 radical (unpaired) electrons. The molecule has 1 N–H and O–H groups in total. The molecule has 0 saturated carbocycles. The molecule has 1 aliphatic heterocycles. The Kier molecular flexibility index (Phi) is 3.52. The Balaban J connectivity index is 2.27. The summed E-state index contributed by atoms with van der Waals surface area (Å²) in [5.74, 6) is 0.204. The largest absolute Gasteiger partial charge is 0.395 e. The lowest BCUT2D eigenvalue weighted by atomic mass is 10.00. The van der Waals surface area contributed by atoms with Crippen molar-refractivity contribution in [3.8, 4) is 0 Å². The van der Waals surface area contributed by atoms with Crippen LogP contribution in [0.1, 0.15) is 12.8 Å². The summed E-state index contributed by atoms with van der Waals surface area (Å²) in [7, 11) is 0. The fourth-order valence-corrected chi connectivity index (χ4v) is 1.55. The molecule has 1 saturated heterocycles. The lowest BCUT2D eigenvalue weighted by molar-refractivity contribution is -0.112. The van der Waals surface area contributed by atoms with E-state index < -0.39 is 0 Å². The quantitative estimate of drug-likeness (QED) is 0.581. The number of aldehydes is 1. The summed E-state index contributed by atoms with van der Waals surface area (Å²) >= 11 is 0. The van der Waals surface area contributed by atoms with Crippen LogP contribution in [0.25, 0.3) is 0 Å². The molecule has 64 valence electrons. The van der Waals surface area contributed by atoms with E-state index >= 15 is 0 Å². The van der Waals surface area contributed by atoms with E-state index in [1.54, 1.807) is 0 Å². The van der Waals surface area contributed by atoms with Crippen LogP contribution >= 0.6 is 0 Å². The molecule has 1 rings (SSSR count). The molecule has 3 nitrogen and oxygen atoms in total. The highest BCUT2D eigenvalue weighted by Gasteiger charge is 2.17. The first-order valence-corrected chi connectivity index (χ1v) is 4.15. The minimum atomic E-state index is 0.200. The van der Waals surface area contributed by atoms with E-state index in [2.05, 4.69) is 4.90 Å². The number of carbonyl (C=O) groups excluding carboxylic acids is 1. The second kappa shape index (κ2) is 4.46. The summed E-state index contributed by atoms with van der Waals surface area (Å²) in [6.07, 6.45) is 3.14. The normalized spacial score (nSPS) is 26.8. The van der Waals surface area contributed by atoms with Gasteiger partial charge in [0.25, 0.3) is 0 Å². The minimum Gasteiger partial charge on any atom is -0.395 e. The van der Waals surface area contributed by atoms with E-state index in [4.69, 9.17) is 5.11 Å². The van der Waals surface area contributed by atoms with Crippen LogP contribution < -0.4 is 0 Å². The third-order valence-electron chi connectivity index (χ3n) is 2.15.